The number of likely N-dealkylation sites (tertiary alicyclic amines) is 2. The summed E-state index contributed by atoms with van der Waals surface area (Å²) in [6.45, 7) is 2.35. The first-order valence-corrected chi connectivity index (χ1v) is 10.3. The Balaban J connectivity index is 1.37. The number of nitrogens with zero attached hydrogens (tertiary/aromatic N) is 2. The molecular formula is C15H25N3O3S. The molecule has 0 aromatic heterocycles. The van der Waals surface area contributed by atoms with E-state index in [-0.39, 0.29) is 6.04 Å². The Hall–Kier alpha value is -0.660. The van der Waals surface area contributed by atoms with Gasteiger partial charge >= 0.3 is 0 Å². The second-order valence-corrected chi connectivity index (χ2v) is 9.39. The number of nitrogens with one attached hydrogen (secondary N) is 1. The molecule has 4 rings (SSSR count). The van der Waals surface area contributed by atoms with Gasteiger partial charge in [0.2, 0.25) is 15.9 Å². The first kappa shape index (κ1) is 14.9. The zero-order valence-corrected chi connectivity index (χ0v) is 13.9. The van der Waals surface area contributed by atoms with Crippen LogP contribution in [-0.4, -0.2) is 62.2 Å². The van der Waals surface area contributed by atoms with Crippen molar-refractivity contribution in [3.8, 4) is 0 Å². The third-order valence-corrected chi connectivity index (χ3v) is 6.80. The van der Waals surface area contributed by atoms with E-state index in [1.54, 1.807) is 0 Å². The van der Waals surface area contributed by atoms with Crippen molar-refractivity contribution >= 4 is 15.9 Å². The normalized spacial score (nSPS) is 41.6. The molecule has 2 saturated carbocycles. The highest BCUT2D eigenvalue weighted by molar-refractivity contribution is 7.88. The molecule has 124 valence electrons. The monoisotopic (exact) mass is 327 g/mol. The fourth-order valence-corrected chi connectivity index (χ4v) is 6.07. The molecule has 4 fully saturated rings. The van der Waals surface area contributed by atoms with E-state index in [1.807, 2.05) is 0 Å². The van der Waals surface area contributed by atoms with Gasteiger partial charge in [-0.15, -0.1) is 0 Å². The van der Waals surface area contributed by atoms with E-state index in [4.69, 9.17) is 0 Å². The molecule has 0 unspecified atom stereocenters. The van der Waals surface area contributed by atoms with Gasteiger partial charge in [0.1, 0.15) is 0 Å². The van der Waals surface area contributed by atoms with Gasteiger partial charge in [-0.05, 0) is 50.5 Å². The molecule has 6 nitrogen and oxygen atoms in total. The molecule has 0 radical (unpaired) electrons. The highest BCUT2D eigenvalue weighted by Crippen LogP contribution is 2.56. The van der Waals surface area contributed by atoms with Gasteiger partial charge in [-0.2, -0.15) is 0 Å². The highest BCUT2D eigenvalue weighted by atomic mass is 32.2. The average molecular weight is 327 g/mol. The molecule has 1 amide bonds. The standard InChI is InChI=1S/C15H25N3O3S/c1-22(20,21)16-12-3-2-6-17(8-12)9-18-14-11-5-4-10(7-11)13(14)15(18)19/h10-14,16H,2-9H2,1H3/t10-,11-,12+,13+,14-/m0/s1. The number of amides is 1. The minimum atomic E-state index is -3.16. The van der Waals surface area contributed by atoms with Crippen LogP contribution >= 0.6 is 0 Å². The van der Waals surface area contributed by atoms with E-state index in [0.29, 0.717) is 37.0 Å². The van der Waals surface area contributed by atoms with Gasteiger partial charge in [-0.25, -0.2) is 13.1 Å². The van der Waals surface area contributed by atoms with Crippen molar-refractivity contribution in [3.05, 3.63) is 0 Å². The molecule has 2 aliphatic heterocycles. The number of sulfonamides is 1. The van der Waals surface area contributed by atoms with Crippen molar-refractivity contribution in [3.63, 3.8) is 0 Å². The zero-order valence-electron chi connectivity index (χ0n) is 13.1. The Bertz CT molecular complexity index is 579. The summed E-state index contributed by atoms with van der Waals surface area (Å²) in [5.41, 5.74) is 0. The number of carbonyl (C=O) groups is 1. The number of β-lactam (4-membered cyclic amide) rings is 1. The topological polar surface area (TPSA) is 69.7 Å². The minimum Gasteiger partial charge on any atom is -0.325 e. The summed E-state index contributed by atoms with van der Waals surface area (Å²) in [4.78, 5) is 16.7. The zero-order chi connectivity index (χ0) is 15.5. The van der Waals surface area contributed by atoms with E-state index >= 15 is 0 Å². The molecule has 5 atom stereocenters. The van der Waals surface area contributed by atoms with E-state index in [9.17, 15) is 13.2 Å². The summed E-state index contributed by atoms with van der Waals surface area (Å²) in [7, 11) is -3.16. The van der Waals surface area contributed by atoms with Crippen molar-refractivity contribution < 1.29 is 13.2 Å². The van der Waals surface area contributed by atoms with Gasteiger partial charge in [-0.3, -0.25) is 9.69 Å². The molecular weight excluding hydrogens is 302 g/mol. The van der Waals surface area contributed by atoms with Crippen molar-refractivity contribution in [2.45, 2.75) is 44.2 Å². The van der Waals surface area contributed by atoms with Gasteiger partial charge in [-0.1, -0.05) is 0 Å². The Kier molecular flexibility index (Phi) is 3.51. The summed E-state index contributed by atoms with van der Waals surface area (Å²) in [5.74, 6) is 2.03. The lowest BCUT2D eigenvalue weighted by Gasteiger charge is -2.51. The summed E-state index contributed by atoms with van der Waals surface area (Å²) in [5, 5.41) is 0. The van der Waals surface area contributed by atoms with Crippen LogP contribution in [0.15, 0.2) is 0 Å². The van der Waals surface area contributed by atoms with Crippen LogP contribution in [0.4, 0.5) is 0 Å². The molecule has 0 aromatic carbocycles. The molecule has 1 N–H and O–H groups in total. The van der Waals surface area contributed by atoms with E-state index in [1.165, 1.54) is 25.5 Å². The van der Waals surface area contributed by atoms with Crippen LogP contribution in [0.5, 0.6) is 0 Å². The van der Waals surface area contributed by atoms with Gasteiger partial charge < -0.3 is 4.90 Å². The van der Waals surface area contributed by atoms with E-state index < -0.39 is 10.0 Å². The molecule has 2 heterocycles. The largest absolute Gasteiger partial charge is 0.325 e. The molecule has 2 aliphatic carbocycles. The third kappa shape index (κ3) is 2.47. The highest BCUT2D eigenvalue weighted by Gasteiger charge is 2.61. The maximum atomic E-state index is 12.4. The van der Waals surface area contributed by atoms with Crippen LogP contribution in [0.3, 0.4) is 0 Å². The quantitative estimate of drug-likeness (QED) is 0.750. The molecule has 2 bridgehead atoms. The van der Waals surface area contributed by atoms with Crippen LogP contribution in [0.25, 0.3) is 0 Å². The van der Waals surface area contributed by atoms with Crippen molar-refractivity contribution in [2.24, 2.45) is 17.8 Å². The maximum absolute atomic E-state index is 12.4. The first-order valence-electron chi connectivity index (χ1n) is 8.42. The average Bonchev–Trinajstić information content (AvgIpc) is 3.01. The number of hydrogen-bond acceptors (Lipinski definition) is 4. The van der Waals surface area contributed by atoms with Gasteiger partial charge in [0.05, 0.1) is 18.8 Å². The fourth-order valence-electron chi connectivity index (χ4n) is 5.28. The molecule has 0 aromatic rings. The number of carbonyl (C=O) groups excluding carboxylic acids is 1. The molecule has 4 aliphatic rings. The summed E-state index contributed by atoms with van der Waals surface area (Å²) in [6.07, 6.45) is 6.85. The summed E-state index contributed by atoms with van der Waals surface area (Å²) >= 11 is 0. The minimum absolute atomic E-state index is 0.0176. The lowest BCUT2D eigenvalue weighted by atomic mass is 9.76. The van der Waals surface area contributed by atoms with Crippen LogP contribution in [0.1, 0.15) is 32.1 Å². The number of hydrogen-bond donors (Lipinski definition) is 1. The smallest absolute Gasteiger partial charge is 0.229 e. The van der Waals surface area contributed by atoms with Crippen LogP contribution in [0.2, 0.25) is 0 Å². The second kappa shape index (κ2) is 5.18. The predicted octanol–water partition coefficient (Wildman–Crippen LogP) is 0.214. The van der Waals surface area contributed by atoms with Crippen molar-refractivity contribution in [1.29, 1.82) is 0 Å². The fraction of sp³-hybridized carbons (Fsp3) is 0.933. The predicted molar refractivity (Wildman–Crippen MR) is 82.4 cm³/mol. The Morgan fingerprint density at radius 2 is 2.00 bits per heavy atom. The number of fused-ring (bicyclic) bond motifs is 5. The van der Waals surface area contributed by atoms with E-state index in [2.05, 4.69) is 14.5 Å². The Labute approximate surface area is 132 Å². The number of rotatable bonds is 4. The SMILES string of the molecule is CS(=O)(=O)N[C@@H]1CCCN(CN2C(=O)[C@@H]3[C@H]4CC[C@@H](C4)[C@@H]32)C1. The van der Waals surface area contributed by atoms with Crippen LogP contribution in [0, 0.1) is 17.8 Å². The Morgan fingerprint density at radius 1 is 1.23 bits per heavy atom. The third-order valence-electron chi connectivity index (χ3n) is 6.04. The summed E-state index contributed by atoms with van der Waals surface area (Å²) < 4.78 is 25.5. The van der Waals surface area contributed by atoms with Gasteiger partial charge in [0.25, 0.3) is 0 Å². The maximum Gasteiger partial charge on any atom is 0.229 e. The lowest BCUT2D eigenvalue weighted by Crippen LogP contribution is -2.66. The van der Waals surface area contributed by atoms with Crippen LogP contribution < -0.4 is 4.72 Å². The molecule has 0 spiro atoms. The van der Waals surface area contributed by atoms with Gasteiger partial charge in [0, 0.05) is 18.6 Å². The van der Waals surface area contributed by atoms with Crippen molar-refractivity contribution in [1.82, 2.24) is 14.5 Å². The number of piperidine rings is 1. The second-order valence-electron chi connectivity index (χ2n) is 7.61. The van der Waals surface area contributed by atoms with Crippen molar-refractivity contribution in [2.75, 3.05) is 26.0 Å². The van der Waals surface area contributed by atoms with Gasteiger partial charge in [0.15, 0.2) is 0 Å². The lowest BCUT2D eigenvalue weighted by molar-refractivity contribution is -0.165. The summed E-state index contributed by atoms with van der Waals surface area (Å²) in [6, 6.07) is 0.463. The first-order chi connectivity index (χ1) is 10.4. The molecule has 2 saturated heterocycles. The molecule has 22 heavy (non-hydrogen) atoms. The Morgan fingerprint density at radius 3 is 2.77 bits per heavy atom. The molecule has 7 heteroatoms. The van der Waals surface area contributed by atoms with Crippen LogP contribution in [-0.2, 0) is 14.8 Å². The van der Waals surface area contributed by atoms with E-state index in [0.717, 1.165) is 25.3 Å².